The highest BCUT2D eigenvalue weighted by atomic mass is 16.5. The Labute approximate surface area is 137 Å². The fraction of sp³-hybridized carbons (Fsp3) is 0.250. The van der Waals surface area contributed by atoms with Crippen molar-refractivity contribution in [2.45, 2.75) is 6.92 Å². The number of anilines is 1. The molecule has 0 N–H and O–H groups in total. The molecule has 23 heavy (non-hydrogen) atoms. The van der Waals surface area contributed by atoms with E-state index in [-0.39, 0.29) is 5.78 Å². The van der Waals surface area contributed by atoms with Crippen LogP contribution in [0.3, 0.4) is 0 Å². The summed E-state index contributed by atoms with van der Waals surface area (Å²) < 4.78 is 5.36. The van der Waals surface area contributed by atoms with Crippen molar-refractivity contribution in [2.75, 3.05) is 31.2 Å². The molecule has 3 heteroatoms. The molecular weight excluding hydrogens is 286 g/mol. The molecule has 0 spiro atoms. The lowest BCUT2D eigenvalue weighted by molar-refractivity contribution is 0.104. The quantitative estimate of drug-likeness (QED) is 0.637. The number of aryl methyl sites for hydroxylation is 1. The van der Waals surface area contributed by atoms with Gasteiger partial charge in [0.1, 0.15) is 0 Å². The molecule has 2 aromatic rings. The molecule has 1 aliphatic rings. The second-order valence-electron chi connectivity index (χ2n) is 5.76. The van der Waals surface area contributed by atoms with E-state index in [1.807, 2.05) is 55.5 Å². The lowest BCUT2D eigenvalue weighted by Gasteiger charge is -2.28. The molecule has 3 rings (SSSR count). The first-order chi connectivity index (χ1) is 11.2. The van der Waals surface area contributed by atoms with Crippen molar-refractivity contribution in [3.05, 3.63) is 71.3 Å². The van der Waals surface area contributed by atoms with Crippen LogP contribution in [0.5, 0.6) is 0 Å². The van der Waals surface area contributed by atoms with Crippen LogP contribution in [0, 0.1) is 6.92 Å². The average Bonchev–Trinajstić information content (AvgIpc) is 2.61. The summed E-state index contributed by atoms with van der Waals surface area (Å²) >= 11 is 0. The summed E-state index contributed by atoms with van der Waals surface area (Å²) in [5, 5.41) is 0. The van der Waals surface area contributed by atoms with Crippen molar-refractivity contribution in [3.8, 4) is 0 Å². The summed E-state index contributed by atoms with van der Waals surface area (Å²) in [5.41, 5.74) is 4.09. The standard InChI is InChI=1S/C20H21NO2/c1-16-3-2-4-17(15-16)5-10-20(22)18-6-8-19(9-7-18)21-11-13-23-14-12-21/h2-10,15H,11-14H2,1H3/b10-5+. The number of hydrogen-bond donors (Lipinski definition) is 0. The molecular formula is C20H21NO2. The summed E-state index contributed by atoms with van der Waals surface area (Å²) in [5.74, 6) is 0.0278. The highest BCUT2D eigenvalue weighted by Crippen LogP contribution is 2.17. The van der Waals surface area contributed by atoms with E-state index in [0.717, 1.165) is 37.6 Å². The molecule has 0 atom stereocenters. The maximum Gasteiger partial charge on any atom is 0.185 e. The fourth-order valence-electron chi connectivity index (χ4n) is 2.70. The number of nitrogens with zero attached hydrogens (tertiary/aromatic N) is 1. The molecule has 118 valence electrons. The molecule has 2 aromatic carbocycles. The number of hydrogen-bond acceptors (Lipinski definition) is 3. The lowest BCUT2D eigenvalue weighted by atomic mass is 10.1. The number of morpholine rings is 1. The van der Waals surface area contributed by atoms with Gasteiger partial charge < -0.3 is 9.64 Å². The van der Waals surface area contributed by atoms with Gasteiger partial charge in [0, 0.05) is 24.3 Å². The van der Waals surface area contributed by atoms with Crippen molar-refractivity contribution in [1.82, 2.24) is 0 Å². The summed E-state index contributed by atoms with van der Waals surface area (Å²) in [7, 11) is 0. The molecule has 0 saturated carbocycles. The summed E-state index contributed by atoms with van der Waals surface area (Å²) in [6.07, 6.45) is 3.50. The zero-order valence-electron chi connectivity index (χ0n) is 13.4. The summed E-state index contributed by atoms with van der Waals surface area (Å²) in [4.78, 5) is 14.5. The summed E-state index contributed by atoms with van der Waals surface area (Å²) in [6.45, 7) is 5.38. The van der Waals surface area contributed by atoms with Gasteiger partial charge in [0.15, 0.2) is 5.78 Å². The van der Waals surface area contributed by atoms with Crippen LogP contribution < -0.4 is 4.90 Å². The van der Waals surface area contributed by atoms with Gasteiger partial charge in [-0.25, -0.2) is 0 Å². The van der Waals surface area contributed by atoms with Gasteiger partial charge in [0.05, 0.1) is 13.2 Å². The van der Waals surface area contributed by atoms with Crippen LogP contribution in [0.25, 0.3) is 6.08 Å². The first-order valence-corrected chi connectivity index (χ1v) is 7.94. The van der Waals surface area contributed by atoms with Crippen LogP contribution in [0.1, 0.15) is 21.5 Å². The third-order valence-corrected chi connectivity index (χ3v) is 4.00. The second-order valence-corrected chi connectivity index (χ2v) is 5.76. The topological polar surface area (TPSA) is 29.5 Å². The largest absolute Gasteiger partial charge is 0.378 e. The van der Waals surface area contributed by atoms with Crippen molar-refractivity contribution >= 4 is 17.5 Å². The molecule has 0 unspecified atom stereocenters. The maximum absolute atomic E-state index is 12.3. The van der Waals surface area contributed by atoms with E-state index in [9.17, 15) is 4.79 Å². The van der Waals surface area contributed by atoms with Gasteiger partial charge in [-0.05, 0) is 42.8 Å². The van der Waals surface area contributed by atoms with Crippen molar-refractivity contribution in [2.24, 2.45) is 0 Å². The van der Waals surface area contributed by atoms with E-state index in [0.29, 0.717) is 5.56 Å². The van der Waals surface area contributed by atoms with Gasteiger partial charge in [-0.1, -0.05) is 35.9 Å². The van der Waals surface area contributed by atoms with Crippen LogP contribution in [-0.2, 0) is 4.74 Å². The van der Waals surface area contributed by atoms with Gasteiger partial charge in [-0.3, -0.25) is 4.79 Å². The lowest BCUT2D eigenvalue weighted by Crippen LogP contribution is -2.36. The van der Waals surface area contributed by atoms with E-state index in [1.54, 1.807) is 6.08 Å². The molecule has 1 aliphatic heterocycles. The number of carbonyl (C=O) groups excluding carboxylic acids is 1. The van der Waals surface area contributed by atoms with E-state index in [1.165, 1.54) is 5.56 Å². The minimum absolute atomic E-state index is 0.0278. The van der Waals surface area contributed by atoms with E-state index < -0.39 is 0 Å². The first-order valence-electron chi connectivity index (χ1n) is 7.94. The Hall–Kier alpha value is -2.39. The second kappa shape index (κ2) is 7.25. The van der Waals surface area contributed by atoms with Crippen molar-refractivity contribution in [3.63, 3.8) is 0 Å². The number of carbonyl (C=O) groups is 1. The van der Waals surface area contributed by atoms with Gasteiger partial charge in [-0.2, -0.15) is 0 Å². The van der Waals surface area contributed by atoms with Crippen LogP contribution in [0.4, 0.5) is 5.69 Å². The van der Waals surface area contributed by atoms with Crippen LogP contribution in [-0.4, -0.2) is 32.1 Å². The predicted molar refractivity (Wildman–Crippen MR) is 94.0 cm³/mol. The highest BCUT2D eigenvalue weighted by molar-refractivity contribution is 6.07. The molecule has 1 fully saturated rings. The molecule has 0 aliphatic carbocycles. The molecule has 0 radical (unpaired) electrons. The minimum atomic E-state index is 0.0278. The molecule has 1 saturated heterocycles. The molecule has 0 amide bonds. The van der Waals surface area contributed by atoms with Gasteiger partial charge in [0.25, 0.3) is 0 Å². The molecule has 0 aromatic heterocycles. The first kappa shape index (κ1) is 15.5. The summed E-state index contributed by atoms with van der Waals surface area (Å²) in [6, 6.07) is 15.9. The van der Waals surface area contributed by atoms with E-state index >= 15 is 0 Å². The number of benzene rings is 2. The Morgan fingerprint density at radius 1 is 1.09 bits per heavy atom. The van der Waals surface area contributed by atoms with Crippen molar-refractivity contribution < 1.29 is 9.53 Å². The number of ketones is 1. The fourth-order valence-corrected chi connectivity index (χ4v) is 2.70. The Morgan fingerprint density at radius 2 is 1.83 bits per heavy atom. The van der Waals surface area contributed by atoms with E-state index in [4.69, 9.17) is 4.74 Å². The highest BCUT2D eigenvalue weighted by Gasteiger charge is 2.11. The monoisotopic (exact) mass is 307 g/mol. The van der Waals surface area contributed by atoms with Gasteiger partial charge in [-0.15, -0.1) is 0 Å². The Kier molecular flexibility index (Phi) is 4.89. The Bertz CT molecular complexity index is 698. The van der Waals surface area contributed by atoms with Crippen LogP contribution >= 0.6 is 0 Å². The molecule has 1 heterocycles. The zero-order valence-corrected chi connectivity index (χ0v) is 13.4. The third-order valence-electron chi connectivity index (χ3n) is 4.00. The van der Waals surface area contributed by atoms with Gasteiger partial charge in [0.2, 0.25) is 0 Å². The van der Waals surface area contributed by atoms with Crippen molar-refractivity contribution in [1.29, 1.82) is 0 Å². The van der Waals surface area contributed by atoms with Gasteiger partial charge >= 0.3 is 0 Å². The third kappa shape index (κ3) is 4.08. The maximum atomic E-state index is 12.3. The minimum Gasteiger partial charge on any atom is -0.378 e. The molecule has 3 nitrogen and oxygen atoms in total. The molecule has 0 bridgehead atoms. The number of rotatable bonds is 4. The number of ether oxygens (including phenoxy) is 1. The SMILES string of the molecule is Cc1cccc(/C=C/C(=O)c2ccc(N3CCOCC3)cc2)c1. The smallest absolute Gasteiger partial charge is 0.185 e. The van der Waals surface area contributed by atoms with E-state index in [2.05, 4.69) is 11.0 Å². The predicted octanol–water partition coefficient (Wildman–Crippen LogP) is 3.73. The Morgan fingerprint density at radius 3 is 2.52 bits per heavy atom. The normalized spacial score (nSPS) is 15.1. The van der Waals surface area contributed by atoms with Crippen LogP contribution in [0.15, 0.2) is 54.6 Å². The van der Waals surface area contributed by atoms with Crippen LogP contribution in [0.2, 0.25) is 0 Å². The Balaban J connectivity index is 1.67. The number of allylic oxidation sites excluding steroid dienone is 1. The zero-order chi connectivity index (χ0) is 16.1. The average molecular weight is 307 g/mol.